The average molecular weight is 241 g/mol. The lowest BCUT2D eigenvalue weighted by atomic mass is 10.1. The quantitative estimate of drug-likeness (QED) is 0.896. The number of anilines is 3. The molecule has 0 saturated heterocycles. The van der Waals surface area contributed by atoms with Crippen LogP contribution in [0.1, 0.15) is 18.1 Å². The standard InChI is InChI=1S/C15H19N3/c1-4-12-5-7-13(8-6-12)18(3)15-14(16)9-11(2)10-17-15/h5-10H,4,16H2,1-3H3. The van der Waals surface area contributed by atoms with E-state index < -0.39 is 0 Å². The number of aryl methyl sites for hydroxylation is 2. The third kappa shape index (κ3) is 2.45. The minimum absolute atomic E-state index is 0.706. The van der Waals surface area contributed by atoms with Gasteiger partial charge < -0.3 is 10.6 Å². The van der Waals surface area contributed by atoms with Crippen LogP contribution in [0.2, 0.25) is 0 Å². The van der Waals surface area contributed by atoms with E-state index in [1.165, 1.54) is 5.56 Å². The van der Waals surface area contributed by atoms with Crippen LogP contribution in [-0.4, -0.2) is 12.0 Å². The molecule has 2 aromatic rings. The Morgan fingerprint density at radius 2 is 1.89 bits per heavy atom. The molecule has 0 amide bonds. The van der Waals surface area contributed by atoms with Gasteiger partial charge in [0.25, 0.3) is 0 Å². The number of hydrogen-bond donors (Lipinski definition) is 1. The SMILES string of the molecule is CCc1ccc(N(C)c2ncc(C)cc2N)cc1. The fourth-order valence-electron chi connectivity index (χ4n) is 1.94. The van der Waals surface area contributed by atoms with Crippen LogP contribution in [0.4, 0.5) is 17.2 Å². The van der Waals surface area contributed by atoms with Crippen molar-refractivity contribution in [3.05, 3.63) is 47.7 Å². The number of benzene rings is 1. The smallest absolute Gasteiger partial charge is 0.155 e. The van der Waals surface area contributed by atoms with Crippen LogP contribution in [0.5, 0.6) is 0 Å². The number of nitrogens with two attached hydrogens (primary N) is 1. The highest BCUT2D eigenvalue weighted by Crippen LogP contribution is 2.27. The summed E-state index contributed by atoms with van der Waals surface area (Å²) in [5.41, 5.74) is 10.2. The Hall–Kier alpha value is -2.03. The second kappa shape index (κ2) is 5.08. The molecule has 0 saturated carbocycles. The van der Waals surface area contributed by atoms with Gasteiger partial charge in [-0.1, -0.05) is 19.1 Å². The molecule has 2 N–H and O–H groups in total. The summed E-state index contributed by atoms with van der Waals surface area (Å²) in [4.78, 5) is 6.41. The van der Waals surface area contributed by atoms with Crippen molar-refractivity contribution in [2.24, 2.45) is 0 Å². The molecule has 1 aromatic heterocycles. The van der Waals surface area contributed by atoms with Gasteiger partial charge >= 0.3 is 0 Å². The van der Waals surface area contributed by atoms with Gasteiger partial charge in [0, 0.05) is 18.9 Å². The second-order valence-corrected chi connectivity index (χ2v) is 4.50. The molecule has 0 aliphatic carbocycles. The normalized spacial score (nSPS) is 10.4. The van der Waals surface area contributed by atoms with Crippen LogP contribution in [0, 0.1) is 6.92 Å². The first-order chi connectivity index (χ1) is 8.61. The van der Waals surface area contributed by atoms with Gasteiger partial charge in [-0.3, -0.25) is 0 Å². The Balaban J connectivity index is 2.31. The van der Waals surface area contributed by atoms with Crippen LogP contribution in [0.15, 0.2) is 36.5 Å². The highest BCUT2D eigenvalue weighted by atomic mass is 15.2. The molecule has 1 aromatic carbocycles. The zero-order valence-corrected chi connectivity index (χ0v) is 11.1. The Kier molecular flexibility index (Phi) is 3.51. The van der Waals surface area contributed by atoms with Crippen LogP contribution in [0.25, 0.3) is 0 Å². The summed E-state index contributed by atoms with van der Waals surface area (Å²) in [5, 5.41) is 0. The second-order valence-electron chi connectivity index (χ2n) is 4.50. The van der Waals surface area contributed by atoms with E-state index in [1.54, 1.807) is 0 Å². The van der Waals surface area contributed by atoms with Crippen molar-refractivity contribution in [1.29, 1.82) is 0 Å². The van der Waals surface area contributed by atoms with Crippen LogP contribution >= 0.6 is 0 Å². The number of nitrogen functional groups attached to an aromatic ring is 1. The van der Waals surface area contributed by atoms with Gasteiger partial charge in [0.15, 0.2) is 5.82 Å². The number of rotatable bonds is 3. The van der Waals surface area contributed by atoms with Crippen molar-refractivity contribution < 1.29 is 0 Å². The highest BCUT2D eigenvalue weighted by molar-refractivity contribution is 5.70. The van der Waals surface area contributed by atoms with E-state index in [2.05, 4.69) is 36.2 Å². The van der Waals surface area contributed by atoms with Gasteiger partial charge in [-0.2, -0.15) is 0 Å². The van der Waals surface area contributed by atoms with Gasteiger partial charge in [0.2, 0.25) is 0 Å². The highest BCUT2D eigenvalue weighted by Gasteiger charge is 2.09. The Labute approximate surface area is 108 Å². The lowest BCUT2D eigenvalue weighted by Crippen LogP contribution is -2.13. The molecule has 3 heteroatoms. The molecule has 0 aliphatic rings. The first-order valence-corrected chi connectivity index (χ1v) is 6.16. The third-order valence-corrected chi connectivity index (χ3v) is 3.08. The zero-order valence-electron chi connectivity index (χ0n) is 11.1. The van der Waals surface area contributed by atoms with Crippen LogP contribution < -0.4 is 10.6 Å². The summed E-state index contributed by atoms with van der Waals surface area (Å²) in [7, 11) is 1.98. The van der Waals surface area contributed by atoms with E-state index in [0.717, 1.165) is 23.5 Å². The predicted octanol–water partition coefficient (Wildman–Crippen LogP) is 3.30. The van der Waals surface area contributed by atoms with Crippen molar-refractivity contribution >= 4 is 17.2 Å². The van der Waals surface area contributed by atoms with Crippen molar-refractivity contribution in [3.8, 4) is 0 Å². The topological polar surface area (TPSA) is 42.2 Å². The molecule has 2 rings (SSSR count). The van der Waals surface area contributed by atoms with Crippen LogP contribution in [-0.2, 0) is 6.42 Å². The monoisotopic (exact) mass is 241 g/mol. The Bertz CT molecular complexity index is 532. The lowest BCUT2D eigenvalue weighted by molar-refractivity contribution is 1.10. The van der Waals surface area contributed by atoms with Crippen molar-refractivity contribution in [2.45, 2.75) is 20.3 Å². The van der Waals surface area contributed by atoms with Gasteiger partial charge in [0.1, 0.15) is 0 Å². The molecule has 0 radical (unpaired) electrons. The summed E-state index contributed by atoms with van der Waals surface area (Å²) in [6.07, 6.45) is 2.89. The third-order valence-electron chi connectivity index (χ3n) is 3.08. The Morgan fingerprint density at radius 1 is 1.22 bits per heavy atom. The first kappa shape index (κ1) is 12.4. The molecule has 1 heterocycles. The number of pyridine rings is 1. The minimum atomic E-state index is 0.706. The molecule has 94 valence electrons. The largest absolute Gasteiger partial charge is 0.396 e. The molecule has 0 spiro atoms. The molecule has 3 nitrogen and oxygen atoms in total. The summed E-state index contributed by atoms with van der Waals surface area (Å²) < 4.78 is 0. The van der Waals surface area contributed by atoms with Gasteiger partial charge in [-0.15, -0.1) is 0 Å². The van der Waals surface area contributed by atoms with Crippen LogP contribution in [0.3, 0.4) is 0 Å². The number of hydrogen-bond acceptors (Lipinski definition) is 3. The maximum absolute atomic E-state index is 6.01. The van der Waals surface area contributed by atoms with E-state index in [-0.39, 0.29) is 0 Å². The van der Waals surface area contributed by atoms with E-state index in [0.29, 0.717) is 5.69 Å². The van der Waals surface area contributed by atoms with Crippen molar-refractivity contribution in [2.75, 3.05) is 17.7 Å². The van der Waals surface area contributed by atoms with Gasteiger partial charge in [-0.05, 0) is 42.7 Å². The van der Waals surface area contributed by atoms with E-state index in [4.69, 9.17) is 5.73 Å². The van der Waals surface area contributed by atoms with Gasteiger partial charge in [-0.25, -0.2) is 4.98 Å². The van der Waals surface area contributed by atoms with Gasteiger partial charge in [0.05, 0.1) is 5.69 Å². The van der Waals surface area contributed by atoms with Crippen molar-refractivity contribution in [3.63, 3.8) is 0 Å². The summed E-state index contributed by atoms with van der Waals surface area (Å²) in [6.45, 7) is 4.14. The Morgan fingerprint density at radius 3 is 2.44 bits per heavy atom. The number of nitrogens with zero attached hydrogens (tertiary/aromatic N) is 2. The molecule has 0 fully saturated rings. The minimum Gasteiger partial charge on any atom is -0.396 e. The van der Waals surface area contributed by atoms with E-state index in [9.17, 15) is 0 Å². The lowest BCUT2D eigenvalue weighted by Gasteiger charge is -2.20. The zero-order chi connectivity index (χ0) is 13.1. The summed E-state index contributed by atoms with van der Waals surface area (Å²) >= 11 is 0. The first-order valence-electron chi connectivity index (χ1n) is 6.16. The molecule has 0 bridgehead atoms. The number of aromatic nitrogens is 1. The van der Waals surface area contributed by atoms with Crippen molar-refractivity contribution in [1.82, 2.24) is 4.98 Å². The molecule has 18 heavy (non-hydrogen) atoms. The average Bonchev–Trinajstić information content (AvgIpc) is 2.38. The maximum Gasteiger partial charge on any atom is 0.155 e. The molecule has 0 unspecified atom stereocenters. The fourth-order valence-corrected chi connectivity index (χ4v) is 1.94. The molecule has 0 atom stereocenters. The molecular formula is C15H19N3. The molecule has 0 aliphatic heterocycles. The molecular weight excluding hydrogens is 222 g/mol. The fraction of sp³-hybridized carbons (Fsp3) is 0.267. The summed E-state index contributed by atoms with van der Waals surface area (Å²) in [6, 6.07) is 10.4. The predicted molar refractivity (Wildman–Crippen MR) is 77.3 cm³/mol. The maximum atomic E-state index is 6.01. The van der Waals surface area contributed by atoms with E-state index in [1.807, 2.05) is 31.1 Å². The van der Waals surface area contributed by atoms with E-state index >= 15 is 0 Å². The summed E-state index contributed by atoms with van der Waals surface area (Å²) in [5.74, 6) is 0.796.